The fourth-order valence-electron chi connectivity index (χ4n) is 1.24. The first-order valence-corrected chi connectivity index (χ1v) is 5.18. The van der Waals surface area contributed by atoms with Crippen molar-refractivity contribution in [2.24, 2.45) is 0 Å². The van der Waals surface area contributed by atoms with Crippen LogP contribution in [0.15, 0.2) is 24.8 Å². The van der Waals surface area contributed by atoms with Crippen LogP contribution in [0.1, 0.15) is 19.8 Å². The Kier molecular flexibility index (Phi) is 6.92. The van der Waals surface area contributed by atoms with E-state index in [1.165, 1.54) is 13.2 Å². The SMILES string of the molecule is C=C(C)C(=O)OC.C=CC(=O)N1CCCC1. The first-order chi connectivity index (χ1) is 7.52. The van der Waals surface area contributed by atoms with E-state index in [1.54, 1.807) is 6.92 Å². The van der Waals surface area contributed by atoms with Gasteiger partial charge in [-0.2, -0.15) is 0 Å². The van der Waals surface area contributed by atoms with Crippen molar-refractivity contribution in [1.82, 2.24) is 4.90 Å². The van der Waals surface area contributed by atoms with Gasteiger partial charge in [-0.25, -0.2) is 4.79 Å². The monoisotopic (exact) mass is 225 g/mol. The predicted molar refractivity (Wildman–Crippen MR) is 62.8 cm³/mol. The van der Waals surface area contributed by atoms with Crippen LogP contribution in [0, 0.1) is 0 Å². The summed E-state index contributed by atoms with van der Waals surface area (Å²) in [4.78, 5) is 22.8. The van der Waals surface area contributed by atoms with Gasteiger partial charge >= 0.3 is 5.97 Å². The number of carbonyl (C=O) groups is 2. The van der Waals surface area contributed by atoms with Crippen molar-refractivity contribution in [2.75, 3.05) is 20.2 Å². The molecule has 1 aliphatic rings. The second-order valence-corrected chi connectivity index (χ2v) is 3.51. The Morgan fingerprint density at radius 2 is 1.81 bits per heavy atom. The van der Waals surface area contributed by atoms with E-state index in [-0.39, 0.29) is 11.9 Å². The molecule has 0 atom stereocenters. The molecule has 4 nitrogen and oxygen atoms in total. The Morgan fingerprint density at radius 1 is 1.31 bits per heavy atom. The molecule has 0 saturated carbocycles. The van der Waals surface area contributed by atoms with Gasteiger partial charge in [0, 0.05) is 18.7 Å². The first-order valence-electron chi connectivity index (χ1n) is 5.18. The van der Waals surface area contributed by atoms with E-state index in [0.717, 1.165) is 25.9 Å². The van der Waals surface area contributed by atoms with Crippen molar-refractivity contribution in [3.8, 4) is 0 Å². The summed E-state index contributed by atoms with van der Waals surface area (Å²) < 4.78 is 4.27. The summed E-state index contributed by atoms with van der Waals surface area (Å²) in [7, 11) is 1.33. The van der Waals surface area contributed by atoms with E-state index < -0.39 is 0 Å². The molecule has 0 unspecified atom stereocenters. The van der Waals surface area contributed by atoms with Crippen molar-refractivity contribution < 1.29 is 14.3 Å². The van der Waals surface area contributed by atoms with Gasteiger partial charge in [-0.15, -0.1) is 0 Å². The molecule has 1 fully saturated rings. The van der Waals surface area contributed by atoms with E-state index in [2.05, 4.69) is 17.9 Å². The molecule has 16 heavy (non-hydrogen) atoms. The summed E-state index contributed by atoms with van der Waals surface area (Å²) in [6.45, 7) is 10.2. The number of likely N-dealkylation sites (tertiary alicyclic amines) is 1. The lowest BCUT2D eigenvalue weighted by Crippen LogP contribution is -2.25. The lowest BCUT2D eigenvalue weighted by molar-refractivity contribution is -0.136. The van der Waals surface area contributed by atoms with Crippen molar-refractivity contribution >= 4 is 11.9 Å². The van der Waals surface area contributed by atoms with Crippen molar-refractivity contribution in [3.63, 3.8) is 0 Å². The zero-order valence-corrected chi connectivity index (χ0v) is 9.99. The van der Waals surface area contributed by atoms with E-state index >= 15 is 0 Å². The van der Waals surface area contributed by atoms with Gasteiger partial charge in [-0.3, -0.25) is 4.79 Å². The Labute approximate surface area is 96.6 Å². The molecule has 4 heteroatoms. The van der Waals surface area contributed by atoms with Crippen LogP contribution >= 0.6 is 0 Å². The van der Waals surface area contributed by atoms with Crippen molar-refractivity contribution in [2.45, 2.75) is 19.8 Å². The van der Waals surface area contributed by atoms with E-state index in [0.29, 0.717) is 5.57 Å². The third kappa shape index (κ3) is 5.34. The minimum absolute atomic E-state index is 0.0764. The number of rotatable bonds is 2. The van der Waals surface area contributed by atoms with Gasteiger partial charge < -0.3 is 9.64 Å². The summed E-state index contributed by atoms with van der Waals surface area (Å²) in [6.07, 6.45) is 3.68. The Hall–Kier alpha value is -1.58. The average molecular weight is 225 g/mol. The number of esters is 1. The van der Waals surface area contributed by atoms with Crippen molar-refractivity contribution in [3.05, 3.63) is 24.8 Å². The molecule has 0 aromatic carbocycles. The fraction of sp³-hybridized carbons (Fsp3) is 0.500. The highest BCUT2D eigenvalue weighted by molar-refractivity contribution is 5.87. The summed E-state index contributed by atoms with van der Waals surface area (Å²) >= 11 is 0. The van der Waals surface area contributed by atoms with Gasteiger partial charge in [0.05, 0.1) is 7.11 Å². The molecule has 0 aromatic rings. The smallest absolute Gasteiger partial charge is 0.332 e. The van der Waals surface area contributed by atoms with Crippen LogP contribution in [0.3, 0.4) is 0 Å². The third-order valence-corrected chi connectivity index (χ3v) is 2.13. The summed E-state index contributed by atoms with van der Waals surface area (Å²) in [5.74, 6) is -0.271. The third-order valence-electron chi connectivity index (χ3n) is 2.13. The largest absolute Gasteiger partial charge is 0.466 e. The molecule has 1 heterocycles. The zero-order valence-electron chi connectivity index (χ0n) is 9.99. The molecule has 0 aliphatic carbocycles. The van der Waals surface area contributed by atoms with Gasteiger partial charge in [0.15, 0.2) is 0 Å². The molecule has 1 aliphatic heterocycles. The summed E-state index contributed by atoms with van der Waals surface area (Å²) in [5, 5.41) is 0. The quantitative estimate of drug-likeness (QED) is 0.529. The second-order valence-electron chi connectivity index (χ2n) is 3.51. The molecular weight excluding hydrogens is 206 g/mol. The molecule has 1 rings (SSSR count). The van der Waals surface area contributed by atoms with Gasteiger partial charge in [-0.1, -0.05) is 13.2 Å². The van der Waals surface area contributed by atoms with Crippen LogP contribution in [0.4, 0.5) is 0 Å². The number of hydrogen-bond donors (Lipinski definition) is 0. The highest BCUT2D eigenvalue weighted by Crippen LogP contribution is 2.06. The number of amides is 1. The first kappa shape index (κ1) is 14.4. The Morgan fingerprint density at radius 3 is 2.06 bits per heavy atom. The predicted octanol–water partition coefficient (Wildman–Crippen LogP) is 1.53. The van der Waals surface area contributed by atoms with Crippen LogP contribution in [0.5, 0.6) is 0 Å². The highest BCUT2D eigenvalue weighted by Gasteiger charge is 2.13. The Bertz CT molecular complexity index is 278. The topological polar surface area (TPSA) is 46.6 Å². The minimum atomic E-state index is -0.347. The second kappa shape index (κ2) is 7.68. The molecule has 0 bridgehead atoms. The average Bonchev–Trinajstić information content (AvgIpc) is 2.81. The van der Waals surface area contributed by atoms with Gasteiger partial charge in [0.25, 0.3) is 0 Å². The molecule has 90 valence electrons. The van der Waals surface area contributed by atoms with E-state index in [1.807, 2.05) is 4.90 Å². The Balaban J connectivity index is 0.000000293. The lowest BCUT2D eigenvalue weighted by Gasteiger charge is -2.10. The maximum Gasteiger partial charge on any atom is 0.332 e. The summed E-state index contributed by atoms with van der Waals surface area (Å²) in [6, 6.07) is 0. The number of nitrogens with zero attached hydrogens (tertiary/aromatic N) is 1. The molecule has 0 aromatic heterocycles. The van der Waals surface area contributed by atoms with Crippen molar-refractivity contribution in [1.29, 1.82) is 0 Å². The minimum Gasteiger partial charge on any atom is -0.466 e. The van der Waals surface area contributed by atoms with E-state index in [4.69, 9.17) is 0 Å². The molecule has 0 spiro atoms. The maximum atomic E-state index is 10.8. The zero-order chi connectivity index (χ0) is 12.6. The fourth-order valence-corrected chi connectivity index (χ4v) is 1.24. The molecule has 0 radical (unpaired) electrons. The summed E-state index contributed by atoms with van der Waals surface area (Å²) in [5.41, 5.74) is 0.433. The standard InChI is InChI=1S/C7H11NO.C5H8O2/c1-2-7(9)8-5-3-4-6-8;1-4(2)5(6)7-3/h2H,1,3-6H2;1H2,2-3H3. The molecule has 0 N–H and O–H groups in total. The van der Waals surface area contributed by atoms with Crippen LogP contribution in [-0.4, -0.2) is 37.0 Å². The highest BCUT2D eigenvalue weighted by atomic mass is 16.5. The normalized spacial score (nSPS) is 13.5. The van der Waals surface area contributed by atoms with E-state index in [9.17, 15) is 9.59 Å². The van der Waals surface area contributed by atoms with Gasteiger partial charge in [-0.05, 0) is 25.8 Å². The van der Waals surface area contributed by atoms with Crippen LogP contribution < -0.4 is 0 Å². The maximum absolute atomic E-state index is 10.8. The number of hydrogen-bond acceptors (Lipinski definition) is 3. The van der Waals surface area contributed by atoms with Crippen LogP contribution in [0.25, 0.3) is 0 Å². The van der Waals surface area contributed by atoms with Crippen LogP contribution in [-0.2, 0) is 14.3 Å². The molecule has 1 saturated heterocycles. The number of ether oxygens (including phenoxy) is 1. The van der Waals surface area contributed by atoms with Crippen LogP contribution in [0.2, 0.25) is 0 Å². The molecule has 1 amide bonds. The van der Waals surface area contributed by atoms with Gasteiger partial charge in [0.2, 0.25) is 5.91 Å². The van der Waals surface area contributed by atoms with Gasteiger partial charge in [0.1, 0.15) is 0 Å². The number of methoxy groups -OCH3 is 1. The lowest BCUT2D eigenvalue weighted by atomic mass is 10.4. The number of carbonyl (C=O) groups excluding carboxylic acids is 2. The molecular formula is C12H19NO3.